The van der Waals surface area contributed by atoms with Gasteiger partial charge in [-0.15, -0.1) is 0 Å². The number of nitrogens with zero attached hydrogens (tertiary/aromatic N) is 1. The van der Waals surface area contributed by atoms with Crippen molar-refractivity contribution in [2.75, 3.05) is 5.32 Å². The van der Waals surface area contributed by atoms with Crippen LogP contribution in [0.15, 0.2) is 48.7 Å². The van der Waals surface area contributed by atoms with Crippen molar-refractivity contribution in [2.24, 2.45) is 5.41 Å². The van der Waals surface area contributed by atoms with Crippen LogP contribution in [0.25, 0.3) is 11.3 Å². The van der Waals surface area contributed by atoms with Gasteiger partial charge in [-0.3, -0.25) is 4.98 Å². The van der Waals surface area contributed by atoms with Gasteiger partial charge in [0.05, 0.1) is 11.4 Å². The average molecular weight is 331 g/mol. The van der Waals surface area contributed by atoms with Gasteiger partial charge in [0.2, 0.25) is 0 Å². The topological polar surface area (TPSA) is 40.7 Å². The van der Waals surface area contributed by atoms with Crippen LogP contribution >= 0.6 is 0 Å². The molecule has 1 aliphatic rings. The maximum Gasteiger partial charge on any atom is 0.0699 e. The molecule has 0 fully saturated rings. The minimum atomic E-state index is 0.354. The first kappa shape index (κ1) is 15.9. The number of pyridine rings is 1. The van der Waals surface area contributed by atoms with Crippen LogP contribution in [-0.4, -0.2) is 9.97 Å². The van der Waals surface area contributed by atoms with Gasteiger partial charge in [0.15, 0.2) is 0 Å². The molecule has 1 aliphatic carbocycles. The predicted octanol–water partition coefficient (Wildman–Crippen LogP) is 5.64. The molecule has 0 saturated heterocycles. The van der Waals surface area contributed by atoms with E-state index >= 15 is 0 Å². The molecule has 0 atom stereocenters. The van der Waals surface area contributed by atoms with Crippen molar-refractivity contribution in [1.82, 2.24) is 9.97 Å². The molecule has 3 nitrogen and oxygen atoms in total. The average Bonchev–Trinajstić information content (AvgIpc) is 2.92. The van der Waals surface area contributed by atoms with Crippen LogP contribution in [0, 0.1) is 12.3 Å². The molecule has 0 saturated carbocycles. The highest BCUT2D eigenvalue weighted by Gasteiger charge is 2.30. The maximum atomic E-state index is 4.35. The Bertz CT molecular complexity index is 891. The molecule has 0 spiro atoms. The van der Waals surface area contributed by atoms with Crippen molar-refractivity contribution in [3.63, 3.8) is 0 Å². The number of fused-ring (bicyclic) bond motifs is 1. The quantitative estimate of drug-likeness (QED) is 0.651. The Morgan fingerprint density at radius 1 is 1.12 bits per heavy atom. The third kappa shape index (κ3) is 3.19. The molecule has 2 aromatic heterocycles. The van der Waals surface area contributed by atoms with Crippen LogP contribution in [0.4, 0.5) is 11.4 Å². The van der Waals surface area contributed by atoms with Crippen molar-refractivity contribution >= 4 is 11.4 Å². The summed E-state index contributed by atoms with van der Waals surface area (Å²) in [5, 5.41) is 3.67. The Hall–Kier alpha value is -2.55. The lowest BCUT2D eigenvalue weighted by Crippen LogP contribution is -2.22. The van der Waals surface area contributed by atoms with Gasteiger partial charge in [0.1, 0.15) is 0 Å². The molecule has 0 amide bonds. The Kier molecular flexibility index (Phi) is 3.87. The number of para-hydroxylation sites is 1. The van der Waals surface area contributed by atoms with E-state index in [1.807, 2.05) is 19.2 Å². The van der Waals surface area contributed by atoms with Gasteiger partial charge in [-0.25, -0.2) is 0 Å². The minimum Gasteiger partial charge on any atom is -0.356 e. The van der Waals surface area contributed by atoms with E-state index in [0.717, 1.165) is 24.2 Å². The van der Waals surface area contributed by atoms with Crippen LogP contribution in [-0.2, 0) is 12.8 Å². The summed E-state index contributed by atoms with van der Waals surface area (Å²) < 4.78 is 0. The van der Waals surface area contributed by atoms with E-state index in [-0.39, 0.29) is 0 Å². The van der Waals surface area contributed by atoms with Crippen LogP contribution < -0.4 is 5.32 Å². The van der Waals surface area contributed by atoms with Crippen molar-refractivity contribution in [2.45, 2.75) is 40.0 Å². The van der Waals surface area contributed by atoms with Gasteiger partial charge in [0, 0.05) is 28.8 Å². The number of aryl methyl sites for hydroxylation is 1. The van der Waals surface area contributed by atoms with E-state index in [2.05, 4.69) is 65.5 Å². The normalized spacial score (nSPS) is 15.6. The number of rotatable bonds is 3. The fourth-order valence-electron chi connectivity index (χ4n) is 3.77. The zero-order chi connectivity index (χ0) is 17.4. The molecule has 0 aliphatic heterocycles. The third-order valence-electron chi connectivity index (χ3n) is 5.13. The monoisotopic (exact) mass is 331 g/mol. The summed E-state index contributed by atoms with van der Waals surface area (Å²) in [6.07, 6.45) is 5.31. The second-order valence-corrected chi connectivity index (χ2v) is 7.85. The lowest BCUT2D eigenvalue weighted by molar-refractivity contribution is 0.313. The maximum absolute atomic E-state index is 4.35. The van der Waals surface area contributed by atoms with Gasteiger partial charge in [-0.2, -0.15) is 0 Å². The lowest BCUT2D eigenvalue weighted by atomic mass is 9.76. The third-order valence-corrected chi connectivity index (χ3v) is 5.13. The molecule has 2 N–H and O–H groups in total. The van der Waals surface area contributed by atoms with Gasteiger partial charge < -0.3 is 10.3 Å². The van der Waals surface area contributed by atoms with E-state index in [9.17, 15) is 0 Å². The zero-order valence-corrected chi connectivity index (χ0v) is 15.2. The summed E-state index contributed by atoms with van der Waals surface area (Å²) in [5.74, 6) is 0. The van der Waals surface area contributed by atoms with Crippen molar-refractivity contribution in [1.29, 1.82) is 0 Å². The molecule has 1 aromatic carbocycles. The zero-order valence-electron chi connectivity index (χ0n) is 15.2. The number of H-pyrrole nitrogens is 1. The van der Waals surface area contributed by atoms with Crippen molar-refractivity contribution < 1.29 is 0 Å². The number of hydrogen-bond acceptors (Lipinski definition) is 2. The van der Waals surface area contributed by atoms with E-state index in [0.29, 0.717) is 5.41 Å². The first-order chi connectivity index (χ1) is 12.0. The summed E-state index contributed by atoms with van der Waals surface area (Å²) in [6.45, 7) is 6.76. The van der Waals surface area contributed by atoms with E-state index < -0.39 is 0 Å². The smallest absolute Gasteiger partial charge is 0.0699 e. The highest BCUT2D eigenvalue weighted by atomic mass is 14.9. The van der Waals surface area contributed by atoms with Crippen LogP contribution in [0.1, 0.15) is 37.2 Å². The molecule has 4 rings (SSSR count). The lowest BCUT2D eigenvalue weighted by Gasteiger charge is -2.29. The largest absolute Gasteiger partial charge is 0.356 e. The SMILES string of the molecule is Cc1cc(-c2[nH]c3c(c2Nc2ccccc2)CCC(C)(C)C3)ccn1. The second kappa shape index (κ2) is 6.07. The van der Waals surface area contributed by atoms with Crippen molar-refractivity contribution in [3.05, 3.63) is 65.6 Å². The number of anilines is 2. The summed E-state index contributed by atoms with van der Waals surface area (Å²) in [6, 6.07) is 14.7. The number of aromatic nitrogens is 2. The minimum absolute atomic E-state index is 0.354. The Labute approximate surface area is 149 Å². The predicted molar refractivity (Wildman–Crippen MR) is 104 cm³/mol. The van der Waals surface area contributed by atoms with E-state index in [1.54, 1.807) is 0 Å². The molecular weight excluding hydrogens is 306 g/mol. The molecule has 0 bridgehead atoms. The molecule has 2 heterocycles. The first-order valence-electron chi connectivity index (χ1n) is 9.01. The van der Waals surface area contributed by atoms with Crippen LogP contribution in [0.5, 0.6) is 0 Å². The molecule has 3 aromatic rings. The Morgan fingerprint density at radius 3 is 2.68 bits per heavy atom. The van der Waals surface area contributed by atoms with Gasteiger partial charge in [-0.05, 0) is 61.4 Å². The number of aromatic amines is 1. The van der Waals surface area contributed by atoms with Gasteiger partial charge >= 0.3 is 0 Å². The second-order valence-electron chi connectivity index (χ2n) is 7.85. The molecule has 128 valence electrons. The van der Waals surface area contributed by atoms with Gasteiger partial charge in [-0.1, -0.05) is 32.0 Å². The molecule has 3 heteroatoms. The van der Waals surface area contributed by atoms with Crippen LogP contribution in [0.3, 0.4) is 0 Å². The molecule has 25 heavy (non-hydrogen) atoms. The number of benzene rings is 1. The van der Waals surface area contributed by atoms with Crippen LogP contribution in [0.2, 0.25) is 0 Å². The fraction of sp³-hybridized carbons (Fsp3) is 0.318. The Balaban J connectivity index is 1.83. The summed E-state index contributed by atoms with van der Waals surface area (Å²) in [5.41, 5.74) is 8.93. The molecule has 0 unspecified atom stereocenters. The number of nitrogens with one attached hydrogen (secondary N) is 2. The van der Waals surface area contributed by atoms with E-state index in [4.69, 9.17) is 0 Å². The van der Waals surface area contributed by atoms with E-state index in [1.165, 1.54) is 34.6 Å². The molecule has 0 radical (unpaired) electrons. The van der Waals surface area contributed by atoms with Gasteiger partial charge in [0.25, 0.3) is 0 Å². The standard InChI is InChI=1S/C22H25N3/c1-15-13-16(10-12-23-15)20-21(24-17-7-5-4-6-8-17)18-9-11-22(2,3)14-19(18)25-20/h4-8,10,12-13,24-25H,9,11,14H2,1-3H3. The molecular formula is C22H25N3. The summed E-state index contributed by atoms with van der Waals surface area (Å²) >= 11 is 0. The highest BCUT2D eigenvalue weighted by molar-refractivity contribution is 5.82. The highest BCUT2D eigenvalue weighted by Crippen LogP contribution is 2.43. The van der Waals surface area contributed by atoms with Crippen molar-refractivity contribution in [3.8, 4) is 11.3 Å². The number of hydrogen-bond donors (Lipinski definition) is 2. The fourth-order valence-corrected chi connectivity index (χ4v) is 3.77. The Morgan fingerprint density at radius 2 is 1.92 bits per heavy atom. The summed E-state index contributed by atoms with van der Waals surface area (Å²) in [4.78, 5) is 8.08. The summed E-state index contributed by atoms with van der Waals surface area (Å²) in [7, 11) is 0. The first-order valence-corrected chi connectivity index (χ1v) is 9.01.